The summed E-state index contributed by atoms with van der Waals surface area (Å²) in [6.07, 6.45) is 5.54. The summed E-state index contributed by atoms with van der Waals surface area (Å²) < 4.78 is 3.31. The highest BCUT2D eigenvalue weighted by Crippen LogP contribution is 2.38. The summed E-state index contributed by atoms with van der Waals surface area (Å²) in [5.41, 5.74) is 4.03. The summed E-state index contributed by atoms with van der Waals surface area (Å²) in [5, 5.41) is 12.3. The maximum Gasteiger partial charge on any atom is 0.192 e. The van der Waals surface area contributed by atoms with Crippen molar-refractivity contribution in [2.75, 3.05) is 0 Å². The van der Waals surface area contributed by atoms with Gasteiger partial charge in [0.1, 0.15) is 0 Å². The zero-order valence-corrected chi connectivity index (χ0v) is 18.5. The van der Waals surface area contributed by atoms with Crippen LogP contribution < -0.4 is 0 Å². The van der Waals surface area contributed by atoms with Crippen LogP contribution in [-0.4, -0.2) is 14.8 Å². The molecule has 2 aromatic heterocycles. The summed E-state index contributed by atoms with van der Waals surface area (Å²) in [6.45, 7) is 7.01. The fourth-order valence-electron chi connectivity index (χ4n) is 3.48. The fourth-order valence-corrected chi connectivity index (χ4v) is 5.89. The maximum absolute atomic E-state index is 4.57. The van der Waals surface area contributed by atoms with Crippen LogP contribution in [0.25, 0.3) is 11.4 Å². The van der Waals surface area contributed by atoms with Crippen molar-refractivity contribution in [2.45, 2.75) is 43.6 Å². The molecule has 3 nitrogen and oxygen atoms in total. The summed E-state index contributed by atoms with van der Waals surface area (Å²) >= 11 is 7.10. The third kappa shape index (κ3) is 4.08. The van der Waals surface area contributed by atoms with Gasteiger partial charge < -0.3 is 0 Å². The lowest BCUT2D eigenvalue weighted by Crippen LogP contribution is -2.10. The van der Waals surface area contributed by atoms with E-state index < -0.39 is 0 Å². The molecule has 2 heterocycles. The molecule has 1 aliphatic carbocycles. The lowest BCUT2D eigenvalue weighted by atomic mass is 9.88. The second-order valence-electron chi connectivity index (χ2n) is 7.02. The van der Waals surface area contributed by atoms with Crippen LogP contribution in [0.2, 0.25) is 0 Å². The van der Waals surface area contributed by atoms with Crippen molar-refractivity contribution in [1.29, 1.82) is 0 Å². The van der Waals surface area contributed by atoms with Crippen LogP contribution in [0.1, 0.15) is 29.3 Å². The van der Waals surface area contributed by atoms with E-state index in [1.165, 1.54) is 34.4 Å². The Hall–Kier alpha value is -1.37. The zero-order chi connectivity index (χ0) is 18.8. The summed E-state index contributed by atoms with van der Waals surface area (Å²) in [5.74, 6) is 2.65. The van der Waals surface area contributed by atoms with Gasteiger partial charge in [0.05, 0.1) is 0 Å². The molecule has 1 unspecified atom stereocenters. The third-order valence-corrected chi connectivity index (χ3v) is 7.57. The highest BCUT2D eigenvalue weighted by atomic mass is 79.9. The predicted molar refractivity (Wildman–Crippen MR) is 118 cm³/mol. The van der Waals surface area contributed by atoms with E-state index in [1.807, 2.05) is 17.4 Å². The standard InChI is InChI=1S/C21H22BrN3S2/c1-3-10-25-20(18-13-26-19-11-14(2)4-9-17(18)19)23-24-21(25)27-12-15-5-7-16(22)8-6-15/h3,5-8,13-14H,1,4,9-12H2,2H3. The maximum atomic E-state index is 4.57. The molecule has 0 spiro atoms. The molecule has 27 heavy (non-hydrogen) atoms. The zero-order valence-electron chi connectivity index (χ0n) is 15.3. The van der Waals surface area contributed by atoms with Crippen molar-refractivity contribution in [3.8, 4) is 11.4 Å². The quantitative estimate of drug-likeness (QED) is 0.316. The second-order valence-corrected chi connectivity index (χ2v) is 9.84. The van der Waals surface area contributed by atoms with Crippen LogP contribution >= 0.6 is 39.0 Å². The third-order valence-electron chi connectivity index (χ3n) is 4.95. The highest BCUT2D eigenvalue weighted by molar-refractivity contribution is 9.10. The van der Waals surface area contributed by atoms with Crippen molar-refractivity contribution in [2.24, 2.45) is 5.92 Å². The number of benzene rings is 1. The predicted octanol–water partition coefficient (Wildman–Crippen LogP) is 6.37. The molecule has 4 rings (SSSR count). The molecular formula is C21H22BrN3S2. The lowest BCUT2D eigenvalue weighted by Gasteiger charge is -2.19. The van der Waals surface area contributed by atoms with Gasteiger partial charge in [-0.25, -0.2) is 0 Å². The monoisotopic (exact) mass is 459 g/mol. The second kappa shape index (κ2) is 8.33. The number of halogens is 1. The molecule has 3 aromatic rings. The van der Waals surface area contributed by atoms with E-state index in [0.717, 1.165) is 40.1 Å². The van der Waals surface area contributed by atoms with E-state index >= 15 is 0 Å². The molecule has 140 valence electrons. The van der Waals surface area contributed by atoms with Crippen LogP contribution in [0.15, 0.2) is 51.9 Å². The fraction of sp³-hybridized carbons (Fsp3) is 0.333. The Morgan fingerprint density at radius 3 is 2.93 bits per heavy atom. The van der Waals surface area contributed by atoms with E-state index in [9.17, 15) is 0 Å². The normalized spacial score (nSPS) is 16.3. The first-order valence-electron chi connectivity index (χ1n) is 9.16. The number of hydrogen-bond acceptors (Lipinski definition) is 4. The van der Waals surface area contributed by atoms with Crippen molar-refractivity contribution in [3.05, 3.63) is 62.8 Å². The van der Waals surface area contributed by atoms with Crippen LogP contribution in [0.3, 0.4) is 0 Å². The molecule has 0 saturated carbocycles. The van der Waals surface area contributed by atoms with Crippen molar-refractivity contribution < 1.29 is 0 Å². The van der Waals surface area contributed by atoms with Crippen molar-refractivity contribution >= 4 is 39.0 Å². The number of hydrogen-bond donors (Lipinski definition) is 0. The topological polar surface area (TPSA) is 30.7 Å². The smallest absolute Gasteiger partial charge is 0.192 e. The number of aromatic nitrogens is 3. The molecule has 0 amide bonds. The van der Waals surface area contributed by atoms with Gasteiger partial charge in [0, 0.05) is 32.6 Å². The Balaban J connectivity index is 1.61. The molecule has 0 saturated heterocycles. The minimum atomic E-state index is 0.728. The molecule has 1 aromatic carbocycles. The Bertz CT molecular complexity index is 943. The molecular weight excluding hydrogens is 438 g/mol. The highest BCUT2D eigenvalue weighted by Gasteiger charge is 2.24. The van der Waals surface area contributed by atoms with E-state index in [0.29, 0.717) is 0 Å². The Labute approximate surface area is 177 Å². The Kier molecular flexibility index (Phi) is 5.85. The van der Waals surface area contributed by atoms with Gasteiger partial charge >= 0.3 is 0 Å². The van der Waals surface area contributed by atoms with Gasteiger partial charge in [-0.2, -0.15) is 0 Å². The van der Waals surface area contributed by atoms with Gasteiger partial charge in [-0.05, 0) is 48.4 Å². The largest absolute Gasteiger partial charge is 0.298 e. The molecule has 0 N–H and O–H groups in total. The Morgan fingerprint density at radius 2 is 2.15 bits per heavy atom. The van der Waals surface area contributed by atoms with Crippen LogP contribution in [0.5, 0.6) is 0 Å². The van der Waals surface area contributed by atoms with E-state index in [4.69, 9.17) is 0 Å². The molecule has 0 aliphatic heterocycles. The van der Waals surface area contributed by atoms with Crippen LogP contribution in [0.4, 0.5) is 0 Å². The SMILES string of the molecule is C=CCn1c(SCc2ccc(Br)cc2)nnc1-c1csc2c1CCC(C)C2. The van der Waals surface area contributed by atoms with E-state index in [2.05, 4.69) is 73.8 Å². The van der Waals surface area contributed by atoms with Crippen LogP contribution in [-0.2, 0) is 25.1 Å². The molecule has 0 radical (unpaired) electrons. The van der Waals surface area contributed by atoms with Gasteiger partial charge in [0.25, 0.3) is 0 Å². The number of allylic oxidation sites excluding steroid dienone is 1. The van der Waals surface area contributed by atoms with Crippen molar-refractivity contribution in [1.82, 2.24) is 14.8 Å². The molecule has 1 aliphatic rings. The van der Waals surface area contributed by atoms with Gasteiger partial charge in [0.2, 0.25) is 0 Å². The van der Waals surface area contributed by atoms with Crippen LogP contribution in [0, 0.1) is 5.92 Å². The molecule has 0 bridgehead atoms. The minimum absolute atomic E-state index is 0.728. The van der Waals surface area contributed by atoms with E-state index in [-0.39, 0.29) is 0 Å². The van der Waals surface area contributed by atoms with Gasteiger partial charge in [-0.3, -0.25) is 4.57 Å². The van der Waals surface area contributed by atoms with E-state index in [1.54, 1.807) is 11.8 Å². The molecule has 0 fully saturated rings. The number of thiophene rings is 1. The van der Waals surface area contributed by atoms with Gasteiger partial charge in [-0.1, -0.05) is 52.8 Å². The molecule has 1 atom stereocenters. The van der Waals surface area contributed by atoms with Gasteiger partial charge in [0.15, 0.2) is 11.0 Å². The minimum Gasteiger partial charge on any atom is -0.298 e. The first-order valence-corrected chi connectivity index (χ1v) is 11.8. The Morgan fingerprint density at radius 1 is 1.33 bits per heavy atom. The first-order chi connectivity index (χ1) is 13.2. The lowest BCUT2D eigenvalue weighted by molar-refractivity contribution is 0.508. The number of thioether (sulfide) groups is 1. The summed E-state index contributed by atoms with van der Waals surface area (Å²) in [6, 6.07) is 8.44. The average molecular weight is 460 g/mol. The van der Waals surface area contributed by atoms with Crippen molar-refractivity contribution in [3.63, 3.8) is 0 Å². The number of nitrogens with zero attached hydrogens (tertiary/aromatic N) is 3. The number of rotatable bonds is 6. The van der Waals surface area contributed by atoms with Gasteiger partial charge in [-0.15, -0.1) is 28.1 Å². The summed E-state index contributed by atoms with van der Waals surface area (Å²) in [4.78, 5) is 1.53. The summed E-state index contributed by atoms with van der Waals surface area (Å²) in [7, 11) is 0. The first kappa shape index (κ1) is 19.0. The number of fused-ring (bicyclic) bond motifs is 1. The molecule has 6 heteroatoms. The average Bonchev–Trinajstić information content (AvgIpc) is 3.25.